The number of hydrogen-bond donors (Lipinski definition) is 1. The van der Waals surface area contributed by atoms with Crippen molar-refractivity contribution in [1.82, 2.24) is 44.5 Å². The van der Waals surface area contributed by atoms with Crippen molar-refractivity contribution >= 4 is 34.1 Å². The number of carbonyl (C=O) groups excluding carboxylic acids is 2. The van der Waals surface area contributed by atoms with Gasteiger partial charge in [0.15, 0.2) is 17.4 Å². The number of rotatable bonds is 8. The Kier molecular flexibility index (Phi) is 8.38. The van der Waals surface area contributed by atoms with Gasteiger partial charge in [-0.3, -0.25) is 14.3 Å². The molecule has 0 unspecified atom stereocenters. The van der Waals surface area contributed by atoms with Gasteiger partial charge in [-0.1, -0.05) is 11.3 Å². The van der Waals surface area contributed by atoms with E-state index in [1.807, 2.05) is 38.1 Å². The normalized spacial score (nSPS) is 15.2. The molecule has 2 aliphatic rings. The van der Waals surface area contributed by atoms with Gasteiger partial charge in [-0.15, -0.1) is 5.10 Å². The highest BCUT2D eigenvalue weighted by atomic mass is 19.1. The maximum atomic E-state index is 16.6. The van der Waals surface area contributed by atoms with Gasteiger partial charge in [0, 0.05) is 74.7 Å². The van der Waals surface area contributed by atoms with Crippen LogP contribution in [0, 0.1) is 19.7 Å². The number of H-pyrrole nitrogens is 1. The Morgan fingerprint density at radius 3 is 2.60 bits per heavy atom. The van der Waals surface area contributed by atoms with Gasteiger partial charge in [-0.25, -0.2) is 14.1 Å². The molecule has 0 saturated carbocycles. The van der Waals surface area contributed by atoms with Crippen molar-refractivity contribution < 1.29 is 18.7 Å². The van der Waals surface area contributed by atoms with Gasteiger partial charge in [0.1, 0.15) is 5.69 Å². The molecule has 0 aliphatic carbocycles. The van der Waals surface area contributed by atoms with Crippen molar-refractivity contribution in [1.29, 1.82) is 0 Å². The second kappa shape index (κ2) is 12.9. The summed E-state index contributed by atoms with van der Waals surface area (Å²) in [5.74, 6) is 0.716. The molecule has 14 heteroatoms. The molecule has 1 fully saturated rings. The van der Waals surface area contributed by atoms with Crippen molar-refractivity contribution in [3.8, 4) is 11.4 Å². The van der Waals surface area contributed by atoms with Crippen LogP contribution in [-0.2, 0) is 11.3 Å². The summed E-state index contributed by atoms with van der Waals surface area (Å²) in [5.41, 5.74) is 3.97. The molecule has 5 aromatic rings. The molecule has 2 aliphatic heterocycles. The van der Waals surface area contributed by atoms with E-state index < -0.39 is 5.82 Å². The number of ether oxygens (including phenoxy) is 1. The maximum Gasteiger partial charge on any atom is 0.270 e. The van der Waals surface area contributed by atoms with Crippen LogP contribution in [0.3, 0.4) is 0 Å². The Hall–Kier alpha value is -5.53. The molecule has 2 amide bonds. The lowest BCUT2D eigenvalue weighted by Gasteiger charge is -2.35. The van der Waals surface area contributed by atoms with Crippen LogP contribution in [0.1, 0.15) is 40.3 Å². The third-order valence-corrected chi connectivity index (χ3v) is 9.01. The molecule has 248 valence electrons. The zero-order chi connectivity index (χ0) is 33.4. The zero-order valence-corrected chi connectivity index (χ0v) is 27.2. The van der Waals surface area contributed by atoms with Crippen molar-refractivity contribution in [3.05, 3.63) is 83.5 Å². The SMILES string of the molecule is COc1cccnc1N1CCN(C(=O)c2cc3c(-n4nc(C)cc4C)cc(C4=CCCN(C(=O)CCn5ccnn5)C4)c(F)c3[nH]2)CC1. The van der Waals surface area contributed by atoms with E-state index in [1.54, 1.807) is 57.0 Å². The molecule has 0 radical (unpaired) electrons. The van der Waals surface area contributed by atoms with Crippen LogP contribution in [0.2, 0.25) is 0 Å². The molecular weight excluding hydrogens is 615 g/mol. The summed E-state index contributed by atoms with van der Waals surface area (Å²) in [5, 5.41) is 13.0. The van der Waals surface area contributed by atoms with Crippen LogP contribution in [0.25, 0.3) is 22.2 Å². The number of carbonyl (C=O) groups is 2. The first-order valence-electron chi connectivity index (χ1n) is 16.0. The monoisotopic (exact) mass is 652 g/mol. The lowest BCUT2D eigenvalue weighted by molar-refractivity contribution is -0.131. The van der Waals surface area contributed by atoms with E-state index in [-0.39, 0.29) is 30.3 Å². The molecule has 48 heavy (non-hydrogen) atoms. The number of hydrogen-bond acceptors (Lipinski definition) is 8. The van der Waals surface area contributed by atoms with Crippen molar-refractivity contribution in [3.63, 3.8) is 0 Å². The minimum Gasteiger partial charge on any atom is -0.493 e. The lowest BCUT2D eigenvalue weighted by Crippen LogP contribution is -2.49. The minimum absolute atomic E-state index is 0.0364. The zero-order valence-electron chi connectivity index (χ0n) is 27.2. The fraction of sp³-hybridized carbons (Fsp3) is 0.353. The Morgan fingerprint density at radius 1 is 1.04 bits per heavy atom. The van der Waals surface area contributed by atoms with Crippen molar-refractivity contribution in [2.75, 3.05) is 51.3 Å². The third-order valence-electron chi connectivity index (χ3n) is 9.01. The quantitative estimate of drug-likeness (QED) is 0.268. The van der Waals surface area contributed by atoms with Crippen LogP contribution in [0.15, 0.2) is 55.0 Å². The van der Waals surface area contributed by atoms with E-state index in [4.69, 9.17) is 9.84 Å². The van der Waals surface area contributed by atoms with E-state index in [1.165, 1.54) is 0 Å². The Morgan fingerprint density at radius 2 is 1.88 bits per heavy atom. The van der Waals surface area contributed by atoms with Crippen LogP contribution in [0.5, 0.6) is 5.75 Å². The van der Waals surface area contributed by atoms with Crippen LogP contribution in [0.4, 0.5) is 10.2 Å². The Balaban J connectivity index is 1.17. The van der Waals surface area contributed by atoms with Crippen LogP contribution in [-0.4, -0.2) is 103 Å². The molecule has 6 heterocycles. The summed E-state index contributed by atoms with van der Waals surface area (Å²) in [6.07, 6.45) is 7.87. The van der Waals surface area contributed by atoms with Crippen LogP contribution < -0.4 is 9.64 Å². The van der Waals surface area contributed by atoms with Gasteiger partial charge < -0.3 is 24.4 Å². The predicted molar refractivity (Wildman–Crippen MR) is 178 cm³/mol. The first-order valence-corrected chi connectivity index (χ1v) is 16.0. The number of methoxy groups -OCH3 is 1. The minimum atomic E-state index is -0.468. The van der Waals surface area contributed by atoms with E-state index in [9.17, 15) is 9.59 Å². The number of aromatic amines is 1. The van der Waals surface area contributed by atoms with Crippen LogP contribution >= 0.6 is 0 Å². The number of benzene rings is 1. The lowest BCUT2D eigenvalue weighted by atomic mass is 9.98. The Labute approximate surface area is 276 Å². The maximum absolute atomic E-state index is 16.6. The van der Waals surface area contributed by atoms with E-state index in [0.29, 0.717) is 79.3 Å². The first-order chi connectivity index (χ1) is 23.3. The molecule has 1 aromatic carbocycles. The van der Waals surface area contributed by atoms with Crippen molar-refractivity contribution in [2.24, 2.45) is 0 Å². The highest BCUT2D eigenvalue weighted by Gasteiger charge is 2.28. The fourth-order valence-corrected chi connectivity index (χ4v) is 6.58. The van der Waals surface area contributed by atoms with Gasteiger partial charge in [-0.2, -0.15) is 5.10 Å². The molecule has 0 atom stereocenters. The van der Waals surface area contributed by atoms with Crippen molar-refractivity contribution in [2.45, 2.75) is 33.2 Å². The smallest absolute Gasteiger partial charge is 0.270 e. The van der Waals surface area contributed by atoms with E-state index in [2.05, 4.69) is 25.2 Å². The fourth-order valence-electron chi connectivity index (χ4n) is 6.58. The Bertz CT molecular complexity index is 2010. The number of pyridine rings is 1. The number of fused-ring (bicyclic) bond motifs is 1. The molecule has 0 spiro atoms. The average molecular weight is 653 g/mol. The standard InChI is InChI=1S/C34H37FN10O3/c1-22-18-23(2)45(39-22)28-20-25(24-6-5-11-43(21-24)30(46)8-12-44-13-10-37-40-44)31(35)32-26(28)19-27(38-32)34(47)42-16-14-41(15-17-42)33-29(48-3)7-4-9-36-33/h4,6-7,9-10,13,18-20,38H,5,8,11-12,14-17,21H2,1-3H3. The second-order valence-electron chi connectivity index (χ2n) is 12.1. The largest absolute Gasteiger partial charge is 0.493 e. The van der Waals surface area contributed by atoms with Gasteiger partial charge in [0.2, 0.25) is 5.91 Å². The van der Waals surface area contributed by atoms with Gasteiger partial charge in [0.05, 0.1) is 36.7 Å². The molecular formula is C34H37FN10O3. The molecule has 7 rings (SSSR count). The summed E-state index contributed by atoms with van der Waals surface area (Å²) in [4.78, 5) is 40.2. The molecule has 1 saturated heterocycles. The summed E-state index contributed by atoms with van der Waals surface area (Å²) in [6, 6.07) is 9.16. The topological polar surface area (TPSA) is 130 Å². The van der Waals surface area contributed by atoms with E-state index in [0.717, 1.165) is 17.2 Å². The number of nitrogens with one attached hydrogen (secondary N) is 1. The number of amides is 2. The molecule has 13 nitrogen and oxygen atoms in total. The number of halogens is 1. The predicted octanol–water partition coefficient (Wildman–Crippen LogP) is 3.77. The van der Waals surface area contributed by atoms with E-state index >= 15 is 4.39 Å². The third kappa shape index (κ3) is 5.89. The number of piperazine rings is 1. The number of anilines is 1. The number of aromatic nitrogens is 7. The average Bonchev–Trinajstić information content (AvgIpc) is 3.88. The second-order valence-corrected chi connectivity index (χ2v) is 12.1. The van der Waals surface area contributed by atoms with Gasteiger partial charge in [-0.05, 0) is 56.2 Å². The molecule has 4 aromatic heterocycles. The first kappa shape index (κ1) is 31.1. The number of nitrogens with zero attached hydrogens (tertiary/aromatic N) is 9. The molecule has 1 N–H and O–H groups in total. The van der Waals surface area contributed by atoms with Gasteiger partial charge >= 0.3 is 0 Å². The van der Waals surface area contributed by atoms with Gasteiger partial charge in [0.25, 0.3) is 5.91 Å². The summed E-state index contributed by atoms with van der Waals surface area (Å²) < 4.78 is 25.5. The summed E-state index contributed by atoms with van der Waals surface area (Å²) in [6.45, 7) is 7.20. The molecule has 0 bridgehead atoms. The summed E-state index contributed by atoms with van der Waals surface area (Å²) in [7, 11) is 1.61. The highest BCUT2D eigenvalue weighted by molar-refractivity contribution is 6.02. The number of aryl methyl sites for hydroxylation is 3. The summed E-state index contributed by atoms with van der Waals surface area (Å²) >= 11 is 0. The highest BCUT2D eigenvalue weighted by Crippen LogP contribution is 2.35.